The Kier molecular flexibility index (Phi) is 5.05. The van der Waals surface area contributed by atoms with Crippen LogP contribution >= 0.6 is 0 Å². The summed E-state index contributed by atoms with van der Waals surface area (Å²) in [5.74, 6) is 0.900. The highest BCUT2D eigenvalue weighted by molar-refractivity contribution is 5.66. The average molecular weight is 276 g/mol. The van der Waals surface area contributed by atoms with Gasteiger partial charge in [0.05, 0.1) is 0 Å². The molecule has 110 valence electrons. The summed E-state index contributed by atoms with van der Waals surface area (Å²) in [6.07, 6.45) is 11.3. The Morgan fingerprint density at radius 1 is 1.45 bits per heavy atom. The van der Waals surface area contributed by atoms with E-state index >= 15 is 0 Å². The van der Waals surface area contributed by atoms with Crippen molar-refractivity contribution in [3.63, 3.8) is 0 Å². The first-order valence-electron chi connectivity index (χ1n) is 7.42. The standard InChI is InChI=1S/C17H24O3/c1-12(2)5-4-6-15-8-7-14-11-16(19-13(3)18)9-10-17(14)20-15/h5,7-8,15-16H,4,6,9-11H2,1-3H3. The normalized spacial score (nSPS) is 24.8. The van der Waals surface area contributed by atoms with Gasteiger partial charge in [0.2, 0.25) is 0 Å². The lowest BCUT2D eigenvalue weighted by Gasteiger charge is -2.30. The van der Waals surface area contributed by atoms with Crippen LogP contribution in [-0.4, -0.2) is 18.2 Å². The second kappa shape index (κ2) is 6.78. The molecule has 0 aromatic carbocycles. The molecular formula is C17H24O3. The van der Waals surface area contributed by atoms with Crippen molar-refractivity contribution >= 4 is 5.97 Å². The van der Waals surface area contributed by atoms with Crippen LogP contribution in [0.3, 0.4) is 0 Å². The van der Waals surface area contributed by atoms with Gasteiger partial charge in [-0.05, 0) is 44.8 Å². The van der Waals surface area contributed by atoms with Crippen LogP contribution in [0.1, 0.15) is 52.9 Å². The van der Waals surface area contributed by atoms with Crippen molar-refractivity contribution in [1.82, 2.24) is 0 Å². The van der Waals surface area contributed by atoms with Gasteiger partial charge >= 0.3 is 5.97 Å². The van der Waals surface area contributed by atoms with E-state index in [1.165, 1.54) is 18.1 Å². The number of hydrogen-bond donors (Lipinski definition) is 0. The molecule has 0 aromatic rings. The van der Waals surface area contributed by atoms with E-state index in [0.717, 1.165) is 37.9 Å². The van der Waals surface area contributed by atoms with Crippen LogP contribution in [0.4, 0.5) is 0 Å². The second-order valence-electron chi connectivity index (χ2n) is 5.80. The fourth-order valence-electron chi connectivity index (χ4n) is 2.68. The van der Waals surface area contributed by atoms with E-state index in [1.54, 1.807) is 0 Å². The first-order chi connectivity index (χ1) is 9.54. The maximum Gasteiger partial charge on any atom is 0.302 e. The Bertz CT molecular complexity index is 453. The summed E-state index contributed by atoms with van der Waals surface area (Å²) in [6.45, 7) is 5.71. The molecule has 2 aliphatic rings. The number of ether oxygens (including phenoxy) is 2. The highest BCUT2D eigenvalue weighted by Gasteiger charge is 2.26. The zero-order chi connectivity index (χ0) is 14.5. The van der Waals surface area contributed by atoms with E-state index in [4.69, 9.17) is 9.47 Å². The number of esters is 1. The van der Waals surface area contributed by atoms with E-state index in [1.807, 2.05) is 0 Å². The van der Waals surface area contributed by atoms with Crippen molar-refractivity contribution in [1.29, 1.82) is 0 Å². The smallest absolute Gasteiger partial charge is 0.302 e. The Hall–Kier alpha value is -1.51. The van der Waals surface area contributed by atoms with Crippen molar-refractivity contribution in [3.05, 3.63) is 35.1 Å². The monoisotopic (exact) mass is 276 g/mol. The third-order valence-electron chi connectivity index (χ3n) is 3.64. The second-order valence-corrected chi connectivity index (χ2v) is 5.80. The highest BCUT2D eigenvalue weighted by Crippen LogP contribution is 2.33. The molecule has 0 spiro atoms. The summed E-state index contributed by atoms with van der Waals surface area (Å²) in [4.78, 5) is 11.0. The molecule has 1 aliphatic heterocycles. The maximum absolute atomic E-state index is 11.0. The molecule has 20 heavy (non-hydrogen) atoms. The molecule has 2 unspecified atom stereocenters. The number of hydrogen-bond acceptors (Lipinski definition) is 3. The molecule has 0 amide bonds. The maximum atomic E-state index is 11.0. The van der Waals surface area contributed by atoms with E-state index in [2.05, 4.69) is 32.1 Å². The minimum absolute atomic E-state index is 0.0155. The lowest BCUT2D eigenvalue weighted by Crippen LogP contribution is -2.25. The van der Waals surface area contributed by atoms with Gasteiger partial charge in [-0.1, -0.05) is 17.7 Å². The SMILES string of the molecule is CC(=O)OC1CCC2=C(C=CC(CCC=C(C)C)O2)C1. The van der Waals surface area contributed by atoms with Gasteiger partial charge in [0.1, 0.15) is 18.0 Å². The van der Waals surface area contributed by atoms with Crippen LogP contribution in [0, 0.1) is 0 Å². The molecule has 0 N–H and O–H groups in total. The van der Waals surface area contributed by atoms with Gasteiger partial charge in [-0.15, -0.1) is 0 Å². The van der Waals surface area contributed by atoms with Crippen LogP contribution in [0.15, 0.2) is 35.1 Å². The molecule has 0 saturated heterocycles. The fourth-order valence-corrected chi connectivity index (χ4v) is 2.68. The van der Waals surface area contributed by atoms with Crippen LogP contribution < -0.4 is 0 Å². The average Bonchev–Trinajstić information content (AvgIpc) is 2.37. The summed E-state index contributed by atoms with van der Waals surface area (Å²) < 4.78 is 11.3. The minimum Gasteiger partial charge on any atom is -0.490 e. The van der Waals surface area contributed by atoms with E-state index in [0.29, 0.717) is 0 Å². The molecule has 2 atom stereocenters. The lowest BCUT2D eigenvalue weighted by molar-refractivity contribution is -0.146. The first kappa shape index (κ1) is 14.9. The fraction of sp³-hybridized carbons (Fsp3) is 0.588. The Morgan fingerprint density at radius 3 is 2.95 bits per heavy atom. The molecule has 3 nitrogen and oxygen atoms in total. The van der Waals surface area contributed by atoms with Gasteiger partial charge in [0.25, 0.3) is 0 Å². The quantitative estimate of drug-likeness (QED) is 0.574. The van der Waals surface area contributed by atoms with Gasteiger partial charge in [0, 0.05) is 19.8 Å². The summed E-state index contributed by atoms with van der Waals surface area (Å²) in [6, 6.07) is 0. The predicted octanol–water partition coefficient (Wildman–Crippen LogP) is 4.06. The Morgan fingerprint density at radius 2 is 2.25 bits per heavy atom. The number of carbonyl (C=O) groups excluding carboxylic acids is 1. The number of rotatable bonds is 4. The summed E-state index contributed by atoms with van der Waals surface area (Å²) >= 11 is 0. The number of carbonyl (C=O) groups is 1. The third-order valence-corrected chi connectivity index (χ3v) is 3.64. The first-order valence-corrected chi connectivity index (χ1v) is 7.42. The zero-order valence-electron chi connectivity index (χ0n) is 12.6. The molecule has 2 rings (SSSR count). The highest BCUT2D eigenvalue weighted by atomic mass is 16.5. The Balaban J connectivity index is 1.87. The molecule has 0 saturated carbocycles. The lowest BCUT2D eigenvalue weighted by atomic mass is 9.92. The topological polar surface area (TPSA) is 35.5 Å². The Labute approximate surface area is 121 Å². The molecule has 0 bridgehead atoms. The van der Waals surface area contributed by atoms with Crippen molar-refractivity contribution in [2.75, 3.05) is 0 Å². The van der Waals surface area contributed by atoms with Crippen molar-refractivity contribution in [2.24, 2.45) is 0 Å². The van der Waals surface area contributed by atoms with Crippen molar-refractivity contribution in [3.8, 4) is 0 Å². The number of allylic oxidation sites excluding steroid dienone is 4. The van der Waals surface area contributed by atoms with Crippen molar-refractivity contribution in [2.45, 2.75) is 65.1 Å². The summed E-state index contributed by atoms with van der Waals surface area (Å²) in [5, 5.41) is 0. The van der Waals surface area contributed by atoms with Crippen molar-refractivity contribution < 1.29 is 14.3 Å². The minimum atomic E-state index is -0.195. The zero-order valence-corrected chi connectivity index (χ0v) is 12.6. The van der Waals surface area contributed by atoms with E-state index in [9.17, 15) is 4.79 Å². The third kappa shape index (κ3) is 4.26. The summed E-state index contributed by atoms with van der Waals surface area (Å²) in [7, 11) is 0. The molecule has 1 heterocycles. The van der Waals surface area contributed by atoms with Gasteiger partial charge in [-0.2, -0.15) is 0 Å². The van der Waals surface area contributed by atoms with E-state index < -0.39 is 0 Å². The van der Waals surface area contributed by atoms with Gasteiger partial charge < -0.3 is 9.47 Å². The molecule has 0 fully saturated rings. The van der Waals surface area contributed by atoms with Gasteiger partial charge in [-0.3, -0.25) is 4.79 Å². The van der Waals surface area contributed by atoms with Crippen LogP contribution in [-0.2, 0) is 14.3 Å². The van der Waals surface area contributed by atoms with Crippen LogP contribution in [0.5, 0.6) is 0 Å². The molecule has 0 aromatic heterocycles. The predicted molar refractivity (Wildman–Crippen MR) is 79.1 cm³/mol. The molecule has 3 heteroatoms. The molecular weight excluding hydrogens is 252 g/mol. The van der Waals surface area contributed by atoms with E-state index in [-0.39, 0.29) is 18.2 Å². The molecule has 1 aliphatic carbocycles. The van der Waals surface area contributed by atoms with Gasteiger partial charge in [0.15, 0.2) is 0 Å². The largest absolute Gasteiger partial charge is 0.490 e. The van der Waals surface area contributed by atoms with Crippen LogP contribution in [0.25, 0.3) is 0 Å². The van der Waals surface area contributed by atoms with Gasteiger partial charge in [-0.25, -0.2) is 0 Å². The summed E-state index contributed by atoms with van der Waals surface area (Å²) in [5.41, 5.74) is 2.55. The van der Waals surface area contributed by atoms with Crippen LogP contribution in [0.2, 0.25) is 0 Å². The molecule has 0 radical (unpaired) electrons.